The van der Waals surface area contributed by atoms with Crippen molar-refractivity contribution >= 4 is 48.1 Å². The molecule has 1 N–H and O–H groups in total. The summed E-state index contributed by atoms with van der Waals surface area (Å²) in [5.41, 5.74) is 1.43. The molecule has 0 saturated carbocycles. The fourth-order valence-corrected chi connectivity index (χ4v) is 3.67. The van der Waals surface area contributed by atoms with Gasteiger partial charge >= 0.3 is 196 Å². The van der Waals surface area contributed by atoms with Gasteiger partial charge in [0.2, 0.25) is 0 Å². The number of ether oxygens (including phenoxy) is 1. The summed E-state index contributed by atoms with van der Waals surface area (Å²) in [5, 5.41) is 10.3. The van der Waals surface area contributed by atoms with Crippen molar-refractivity contribution in [1.82, 2.24) is 19.4 Å². The molecule has 0 atom stereocenters. The van der Waals surface area contributed by atoms with Gasteiger partial charge in [0.1, 0.15) is 0 Å². The Morgan fingerprint density at radius 3 is 2.69 bits per heavy atom. The van der Waals surface area contributed by atoms with Gasteiger partial charge in [-0.25, -0.2) is 0 Å². The van der Waals surface area contributed by atoms with Crippen LogP contribution in [0.4, 0.5) is 10.6 Å². The second-order valence-electron chi connectivity index (χ2n) is 7.14. The molecule has 11 heteroatoms. The van der Waals surface area contributed by atoms with E-state index in [-0.39, 0.29) is 37.3 Å². The van der Waals surface area contributed by atoms with Gasteiger partial charge in [0.05, 0.1) is 0 Å². The van der Waals surface area contributed by atoms with E-state index in [4.69, 9.17) is 35.4 Å². The minimum atomic E-state index is -0.341. The van der Waals surface area contributed by atoms with Crippen molar-refractivity contribution in [1.29, 1.82) is 0 Å². The SMILES string of the molecule is [B]=C1c2c(nc(Oc3cccc(Cl)c3)n2Cc2ccc(Cl)cn2)N(C)C(=O)N1CCCO. The maximum absolute atomic E-state index is 12.9. The first-order valence-electron chi connectivity index (χ1n) is 9.82. The molecule has 4 rings (SSSR count). The van der Waals surface area contributed by atoms with Crippen molar-refractivity contribution in [2.45, 2.75) is 13.0 Å². The second-order valence-corrected chi connectivity index (χ2v) is 8.01. The average Bonchev–Trinajstić information content (AvgIpc) is 3.12. The van der Waals surface area contributed by atoms with E-state index in [2.05, 4.69) is 9.97 Å². The van der Waals surface area contributed by atoms with Gasteiger partial charge in [-0.15, -0.1) is 0 Å². The van der Waals surface area contributed by atoms with Gasteiger partial charge in [-0.3, -0.25) is 0 Å². The van der Waals surface area contributed by atoms with E-state index < -0.39 is 0 Å². The molecule has 163 valence electrons. The van der Waals surface area contributed by atoms with Gasteiger partial charge in [0, 0.05) is 0 Å². The fourth-order valence-electron chi connectivity index (χ4n) is 3.38. The van der Waals surface area contributed by atoms with Crippen LogP contribution in [0.2, 0.25) is 10.0 Å². The number of aliphatic hydroxyl groups excluding tert-OH is 1. The summed E-state index contributed by atoms with van der Waals surface area (Å²) in [7, 11) is 8.04. The molecule has 1 aromatic carbocycles. The van der Waals surface area contributed by atoms with E-state index in [1.807, 2.05) is 0 Å². The number of imidazole rings is 1. The van der Waals surface area contributed by atoms with Crippen LogP contribution in [-0.2, 0) is 6.54 Å². The van der Waals surface area contributed by atoms with Crippen LogP contribution in [0.25, 0.3) is 0 Å². The zero-order valence-corrected chi connectivity index (χ0v) is 18.7. The van der Waals surface area contributed by atoms with E-state index in [0.29, 0.717) is 39.4 Å². The molecular formula is C21H19BCl2N5O3. The fraction of sp³-hybridized carbons (Fsp3) is 0.238. The summed E-state index contributed by atoms with van der Waals surface area (Å²) in [4.78, 5) is 24.6. The first kappa shape index (κ1) is 22.3. The summed E-state index contributed by atoms with van der Waals surface area (Å²) in [6.45, 7) is 0.469. The Labute approximate surface area is 196 Å². The van der Waals surface area contributed by atoms with Crippen molar-refractivity contribution in [3.05, 3.63) is 64.0 Å². The number of halogens is 2. The number of amides is 2. The predicted molar refractivity (Wildman–Crippen MR) is 124 cm³/mol. The third-order valence-corrected chi connectivity index (χ3v) is 5.40. The molecule has 0 spiro atoms. The molecule has 1 radical (unpaired) electrons. The zero-order valence-electron chi connectivity index (χ0n) is 17.2. The molecular weight excluding hydrogens is 452 g/mol. The molecule has 32 heavy (non-hydrogen) atoms. The third kappa shape index (κ3) is 4.37. The van der Waals surface area contributed by atoms with E-state index in [9.17, 15) is 9.90 Å². The van der Waals surface area contributed by atoms with E-state index in [1.54, 1.807) is 54.2 Å². The predicted octanol–water partition coefficient (Wildman–Crippen LogP) is 3.33. The Bertz CT molecular complexity index is 1170. The van der Waals surface area contributed by atoms with Gasteiger partial charge in [0.15, 0.2) is 0 Å². The first-order valence-corrected chi connectivity index (χ1v) is 10.6. The van der Waals surface area contributed by atoms with Crippen LogP contribution in [0.15, 0.2) is 42.6 Å². The molecule has 2 aromatic heterocycles. The van der Waals surface area contributed by atoms with Gasteiger partial charge in [-0.05, 0) is 0 Å². The summed E-state index contributed by atoms with van der Waals surface area (Å²) in [6, 6.07) is 10.3. The average molecular weight is 471 g/mol. The Morgan fingerprint density at radius 2 is 2.00 bits per heavy atom. The number of aliphatic hydroxyl groups is 1. The van der Waals surface area contributed by atoms with Gasteiger partial charge in [-0.2, -0.15) is 0 Å². The van der Waals surface area contributed by atoms with Crippen molar-refractivity contribution < 1.29 is 14.6 Å². The normalized spacial score (nSPS) is 13.5. The van der Waals surface area contributed by atoms with E-state index >= 15 is 0 Å². The van der Waals surface area contributed by atoms with Crippen LogP contribution in [-0.4, -0.2) is 63.8 Å². The zero-order chi connectivity index (χ0) is 22.8. The van der Waals surface area contributed by atoms with Crippen LogP contribution in [0.5, 0.6) is 11.8 Å². The number of nitrogens with zero attached hydrogens (tertiary/aromatic N) is 5. The number of carbonyl (C=O) groups excluding carboxylic acids is 1. The number of aromatic nitrogens is 3. The Kier molecular flexibility index (Phi) is 6.50. The standard InChI is InChI=1S/C21H19BCl2N5O3/c1-27-19-17(18(22)28(21(27)31)8-3-9-30)29(12-15-7-6-14(24)11-25-15)20(26-19)32-16-5-2-4-13(23)10-16/h2,4-7,10-11,30H,3,8-9,12H2,1H3. The number of anilines is 1. The quantitative estimate of drug-likeness (QED) is 0.535. The number of carbonyl (C=O) groups is 1. The number of benzene rings is 1. The molecule has 0 fully saturated rings. The van der Waals surface area contributed by atoms with Crippen LogP contribution in [0.1, 0.15) is 17.8 Å². The van der Waals surface area contributed by atoms with Crippen molar-refractivity contribution in [2.24, 2.45) is 0 Å². The molecule has 3 aromatic rings. The number of hydrogen-bond acceptors (Lipinski definition) is 5. The Morgan fingerprint density at radius 1 is 1.19 bits per heavy atom. The van der Waals surface area contributed by atoms with Gasteiger partial charge in [-0.1, -0.05) is 0 Å². The van der Waals surface area contributed by atoms with Crippen molar-refractivity contribution in [3.8, 4) is 11.8 Å². The number of pyridine rings is 1. The molecule has 1 aliphatic heterocycles. The summed E-state index contributed by atoms with van der Waals surface area (Å²) in [5.74, 6) is 0.841. The number of hydrogen-bond donors (Lipinski definition) is 1. The minimum absolute atomic E-state index is 0.0648. The molecule has 1 aliphatic rings. The number of urea groups is 1. The van der Waals surface area contributed by atoms with E-state index in [0.717, 1.165) is 0 Å². The summed E-state index contributed by atoms with van der Waals surface area (Å²) < 4.78 is 7.78. The molecule has 0 saturated heterocycles. The van der Waals surface area contributed by atoms with Crippen LogP contribution in [0.3, 0.4) is 0 Å². The summed E-state index contributed by atoms with van der Waals surface area (Å²) >= 11 is 12.1. The molecule has 2 amide bonds. The Balaban J connectivity index is 1.81. The van der Waals surface area contributed by atoms with Crippen LogP contribution in [0, 0.1) is 0 Å². The van der Waals surface area contributed by atoms with Gasteiger partial charge in [0.25, 0.3) is 0 Å². The van der Waals surface area contributed by atoms with E-state index in [1.165, 1.54) is 9.80 Å². The summed E-state index contributed by atoms with van der Waals surface area (Å²) in [6.07, 6.45) is 1.93. The third-order valence-electron chi connectivity index (χ3n) is 4.94. The molecule has 0 bridgehead atoms. The second kappa shape index (κ2) is 9.32. The molecule has 0 aliphatic carbocycles. The topological polar surface area (TPSA) is 83.7 Å². The first-order chi connectivity index (χ1) is 15.4. The van der Waals surface area contributed by atoms with Gasteiger partial charge < -0.3 is 0 Å². The van der Waals surface area contributed by atoms with Crippen LogP contribution < -0.4 is 9.64 Å². The number of fused-ring (bicyclic) bond motifs is 1. The van der Waals surface area contributed by atoms with Crippen molar-refractivity contribution in [3.63, 3.8) is 0 Å². The monoisotopic (exact) mass is 470 g/mol. The molecule has 3 heterocycles. The molecule has 8 nitrogen and oxygen atoms in total. The van der Waals surface area contributed by atoms with Crippen LogP contribution >= 0.6 is 23.2 Å². The maximum atomic E-state index is 12.9. The molecule has 0 unspecified atom stereocenters. The number of rotatable bonds is 7. The Hall–Kier alpha value is -2.88. The van der Waals surface area contributed by atoms with Crippen molar-refractivity contribution in [2.75, 3.05) is 25.1 Å².